The second-order valence-corrected chi connectivity index (χ2v) is 7.98. The molecular weight excluding hydrogens is 478 g/mol. The molecule has 0 N–H and O–H groups in total. The van der Waals surface area contributed by atoms with Crippen LogP contribution in [0.1, 0.15) is 33.7 Å². The Morgan fingerprint density at radius 1 is 1.03 bits per heavy atom. The van der Waals surface area contributed by atoms with E-state index in [1.165, 1.54) is 33.5 Å². The molecule has 1 aliphatic heterocycles. The number of nitrogens with zero attached hydrogens (tertiary/aromatic N) is 1. The number of carbonyl (C=O) groups excluding carboxylic acids is 2. The van der Waals surface area contributed by atoms with Crippen molar-refractivity contribution in [1.82, 2.24) is 5.16 Å². The summed E-state index contributed by atoms with van der Waals surface area (Å²) >= 11 is 5.71. The maximum absolute atomic E-state index is 13.1. The standard InChI is InChI=1S/C25H22ClNO8/c1-13-7-16(33-23(28)6-5-15-11-22(26)27-35-15)10-20-24(13)25(29)21(34-20)9-14-8-18(31-3)19(32-4)12-17(14)30-2/h7-12H,5-6H2,1-4H3/b21-9-. The molecule has 0 unspecified atom stereocenters. The van der Waals surface area contributed by atoms with Gasteiger partial charge in [-0.25, -0.2) is 0 Å². The molecule has 1 aromatic heterocycles. The summed E-state index contributed by atoms with van der Waals surface area (Å²) in [5.41, 5.74) is 1.57. The molecule has 35 heavy (non-hydrogen) atoms. The fraction of sp³-hybridized carbons (Fsp3) is 0.240. The van der Waals surface area contributed by atoms with Crippen LogP contribution in [0, 0.1) is 6.92 Å². The molecule has 4 rings (SSSR count). The Morgan fingerprint density at radius 2 is 1.74 bits per heavy atom. The average Bonchev–Trinajstić information content (AvgIpc) is 3.39. The first-order valence-corrected chi connectivity index (χ1v) is 10.9. The van der Waals surface area contributed by atoms with Crippen LogP contribution in [-0.2, 0) is 11.2 Å². The number of methoxy groups -OCH3 is 3. The van der Waals surface area contributed by atoms with Gasteiger partial charge in [-0.15, -0.1) is 0 Å². The third kappa shape index (κ3) is 5.09. The SMILES string of the molecule is COc1cc(OC)c(OC)cc1/C=C1\Oc2cc(OC(=O)CCc3cc(Cl)no3)cc(C)c2C1=O. The number of ether oxygens (including phenoxy) is 5. The van der Waals surface area contributed by atoms with Crippen LogP contribution in [0.5, 0.6) is 28.7 Å². The van der Waals surface area contributed by atoms with Gasteiger partial charge in [0.15, 0.2) is 22.4 Å². The third-order valence-corrected chi connectivity index (χ3v) is 5.48. The maximum Gasteiger partial charge on any atom is 0.311 e. The molecule has 0 fully saturated rings. The zero-order chi connectivity index (χ0) is 25.1. The number of ketones is 1. The molecule has 182 valence electrons. The molecule has 0 bridgehead atoms. The first-order chi connectivity index (χ1) is 16.8. The highest BCUT2D eigenvalue weighted by atomic mass is 35.5. The van der Waals surface area contributed by atoms with Crippen LogP contribution in [-0.4, -0.2) is 38.2 Å². The molecule has 0 atom stereocenters. The van der Waals surface area contributed by atoms with Gasteiger partial charge in [0.2, 0.25) is 5.78 Å². The number of aromatic nitrogens is 1. The number of fused-ring (bicyclic) bond motifs is 1. The number of hydrogen-bond acceptors (Lipinski definition) is 9. The smallest absolute Gasteiger partial charge is 0.311 e. The predicted octanol–water partition coefficient (Wildman–Crippen LogP) is 4.82. The van der Waals surface area contributed by atoms with Gasteiger partial charge in [0.25, 0.3) is 0 Å². The number of carbonyl (C=O) groups is 2. The first kappa shape index (κ1) is 24.2. The van der Waals surface area contributed by atoms with Gasteiger partial charge in [-0.05, 0) is 30.7 Å². The van der Waals surface area contributed by atoms with Crippen molar-refractivity contribution in [3.8, 4) is 28.7 Å². The zero-order valence-corrected chi connectivity index (χ0v) is 20.2. The summed E-state index contributed by atoms with van der Waals surface area (Å²) in [7, 11) is 4.55. The van der Waals surface area contributed by atoms with Gasteiger partial charge in [0.1, 0.15) is 23.0 Å². The van der Waals surface area contributed by atoms with Crippen LogP contribution >= 0.6 is 11.6 Å². The molecule has 10 heteroatoms. The summed E-state index contributed by atoms with van der Waals surface area (Å²) in [5.74, 6) is 1.79. The van der Waals surface area contributed by atoms with Crippen molar-refractivity contribution in [1.29, 1.82) is 0 Å². The van der Waals surface area contributed by atoms with Gasteiger partial charge in [0.05, 0.1) is 33.3 Å². The summed E-state index contributed by atoms with van der Waals surface area (Å²) in [5, 5.41) is 3.79. The van der Waals surface area contributed by atoms with Crippen molar-refractivity contribution >= 4 is 29.4 Å². The number of allylic oxidation sites excluding steroid dienone is 1. The molecule has 0 radical (unpaired) electrons. The molecule has 9 nitrogen and oxygen atoms in total. The highest BCUT2D eigenvalue weighted by Crippen LogP contribution is 2.40. The normalized spacial score (nSPS) is 13.4. The summed E-state index contributed by atoms with van der Waals surface area (Å²) in [6.07, 6.45) is 1.92. The van der Waals surface area contributed by atoms with E-state index in [0.717, 1.165) is 0 Å². The van der Waals surface area contributed by atoms with Crippen molar-refractivity contribution in [3.05, 3.63) is 63.7 Å². The average molecular weight is 500 g/mol. The molecule has 2 heterocycles. The third-order valence-electron chi connectivity index (χ3n) is 5.30. The van der Waals surface area contributed by atoms with E-state index < -0.39 is 5.97 Å². The highest BCUT2D eigenvalue weighted by molar-refractivity contribution is 6.29. The quantitative estimate of drug-likeness (QED) is 0.245. The molecule has 1 aliphatic rings. The van der Waals surface area contributed by atoms with Crippen LogP contribution in [0.15, 0.2) is 40.6 Å². The largest absolute Gasteiger partial charge is 0.496 e. The van der Waals surface area contributed by atoms with E-state index >= 15 is 0 Å². The Bertz CT molecular complexity index is 1330. The van der Waals surface area contributed by atoms with E-state index in [1.54, 1.807) is 31.2 Å². The lowest BCUT2D eigenvalue weighted by atomic mass is 10.0. The number of Topliss-reactive ketones (excluding diaryl/α,β-unsaturated/α-hetero) is 1. The van der Waals surface area contributed by atoms with Crippen LogP contribution < -0.4 is 23.7 Å². The van der Waals surface area contributed by atoms with E-state index in [9.17, 15) is 9.59 Å². The van der Waals surface area contributed by atoms with Gasteiger partial charge >= 0.3 is 5.97 Å². The monoisotopic (exact) mass is 499 g/mol. The number of esters is 1. The second kappa shape index (κ2) is 10.1. The van der Waals surface area contributed by atoms with Gasteiger partial charge in [0, 0.05) is 30.2 Å². The van der Waals surface area contributed by atoms with E-state index in [1.807, 2.05) is 0 Å². The Labute approximate surface area is 206 Å². The van der Waals surface area contributed by atoms with Gasteiger partial charge < -0.3 is 28.2 Å². The van der Waals surface area contributed by atoms with E-state index in [-0.39, 0.29) is 35.3 Å². The fourth-order valence-electron chi connectivity index (χ4n) is 3.66. The lowest BCUT2D eigenvalue weighted by molar-refractivity contribution is -0.134. The predicted molar refractivity (Wildman–Crippen MR) is 126 cm³/mol. The summed E-state index contributed by atoms with van der Waals surface area (Å²) in [4.78, 5) is 25.4. The fourth-order valence-corrected chi connectivity index (χ4v) is 3.81. The molecule has 0 aliphatic carbocycles. The molecule has 0 spiro atoms. The van der Waals surface area contributed by atoms with Crippen molar-refractivity contribution in [2.45, 2.75) is 19.8 Å². The lowest BCUT2D eigenvalue weighted by Gasteiger charge is -2.12. The second-order valence-electron chi connectivity index (χ2n) is 7.59. The van der Waals surface area contributed by atoms with E-state index in [4.69, 9.17) is 39.8 Å². The minimum absolute atomic E-state index is 0.0612. The minimum Gasteiger partial charge on any atom is -0.496 e. The summed E-state index contributed by atoms with van der Waals surface area (Å²) in [6, 6.07) is 8.01. The number of halogens is 1. The van der Waals surface area contributed by atoms with Crippen molar-refractivity contribution < 1.29 is 37.8 Å². The number of benzene rings is 2. The Hall–Kier alpha value is -3.98. The number of hydrogen-bond donors (Lipinski definition) is 0. The van der Waals surface area contributed by atoms with Gasteiger partial charge in [-0.1, -0.05) is 16.8 Å². The van der Waals surface area contributed by atoms with E-state index in [0.29, 0.717) is 45.4 Å². The molecule has 0 amide bonds. The summed E-state index contributed by atoms with van der Waals surface area (Å²) in [6.45, 7) is 1.74. The Kier molecular flexibility index (Phi) is 6.97. The highest BCUT2D eigenvalue weighted by Gasteiger charge is 2.31. The van der Waals surface area contributed by atoms with Crippen molar-refractivity contribution in [2.75, 3.05) is 21.3 Å². The molecule has 3 aromatic rings. The Balaban J connectivity index is 1.54. The first-order valence-electron chi connectivity index (χ1n) is 10.5. The van der Waals surface area contributed by atoms with E-state index in [2.05, 4.69) is 5.16 Å². The molecule has 2 aromatic carbocycles. The minimum atomic E-state index is -0.480. The molecular formula is C25H22ClNO8. The van der Waals surface area contributed by atoms with Crippen molar-refractivity contribution in [3.63, 3.8) is 0 Å². The number of aryl methyl sites for hydroxylation is 2. The maximum atomic E-state index is 13.1. The summed E-state index contributed by atoms with van der Waals surface area (Å²) < 4.78 is 32.3. The van der Waals surface area contributed by atoms with Gasteiger partial charge in [-0.2, -0.15) is 0 Å². The lowest BCUT2D eigenvalue weighted by Crippen LogP contribution is -2.09. The zero-order valence-electron chi connectivity index (χ0n) is 19.5. The van der Waals surface area contributed by atoms with Crippen LogP contribution in [0.2, 0.25) is 5.15 Å². The topological polar surface area (TPSA) is 106 Å². The molecule has 0 saturated heterocycles. The van der Waals surface area contributed by atoms with Gasteiger partial charge in [-0.3, -0.25) is 9.59 Å². The van der Waals surface area contributed by atoms with Crippen LogP contribution in [0.25, 0.3) is 6.08 Å². The van der Waals surface area contributed by atoms with Crippen LogP contribution in [0.3, 0.4) is 0 Å². The molecule has 0 saturated carbocycles. The van der Waals surface area contributed by atoms with Crippen molar-refractivity contribution in [2.24, 2.45) is 0 Å². The Morgan fingerprint density at radius 3 is 2.40 bits per heavy atom. The number of rotatable bonds is 8. The van der Waals surface area contributed by atoms with Crippen LogP contribution in [0.4, 0.5) is 0 Å².